The zero-order valence-electron chi connectivity index (χ0n) is 17.7. The molecule has 3 atom stereocenters. The molecule has 29 heavy (non-hydrogen) atoms. The molecule has 3 fully saturated rings. The van der Waals surface area contributed by atoms with Gasteiger partial charge in [-0.15, -0.1) is 0 Å². The topological polar surface area (TPSA) is 90.9 Å². The Bertz CT molecular complexity index is 518. The van der Waals surface area contributed by atoms with E-state index in [0.717, 1.165) is 64.6 Å². The zero-order valence-corrected chi connectivity index (χ0v) is 17.7. The van der Waals surface area contributed by atoms with Crippen molar-refractivity contribution in [3.05, 3.63) is 0 Å². The Morgan fingerprint density at radius 1 is 1.00 bits per heavy atom. The number of carbonyl (C=O) groups is 2. The summed E-state index contributed by atoms with van der Waals surface area (Å²) in [5, 5.41) is 15.8. The number of carbonyl (C=O) groups excluding carboxylic acids is 2. The van der Waals surface area contributed by atoms with Crippen molar-refractivity contribution in [3.8, 4) is 0 Å². The van der Waals surface area contributed by atoms with Crippen LogP contribution in [0.2, 0.25) is 0 Å². The number of likely N-dealkylation sites (tertiary alicyclic amines) is 1. The van der Waals surface area contributed by atoms with Crippen LogP contribution < -0.4 is 10.6 Å². The first-order valence-corrected chi connectivity index (χ1v) is 11.7. The minimum atomic E-state index is -0.353. The fraction of sp³-hybridized carbons (Fsp3) is 0.909. The molecule has 0 aromatic heterocycles. The predicted molar refractivity (Wildman–Crippen MR) is 111 cm³/mol. The van der Waals surface area contributed by atoms with Crippen LogP contribution in [0.25, 0.3) is 0 Å². The van der Waals surface area contributed by atoms with Crippen molar-refractivity contribution in [2.45, 2.75) is 88.9 Å². The van der Waals surface area contributed by atoms with Crippen LogP contribution in [0.5, 0.6) is 0 Å². The molecule has 3 rings (SSSR count). The van der Waals surface area contributed by atoms with E-state index in [0.29, 0.717) is 13.0 Å². The van der Waals surface area contributed by atoms with Gasteiger partial charge in [0.15, 0.2) is 0 Å². The number of piperidine rings is 1. The van der Waals surface area contributed by atoms with Gasteiger partial charge in [-0.1, -0.05) is 19.3 Å². The van der Waals surface area contributed by atoms with E-state index in [4.69, 9.17) is 4.74 Å². The lowest BCUT2D eigenvalue weighted by Crippen LogP contribution is -2.52. The average molecular weight is 410 g/mol. The lowest BCUT2D eigenvalue weighted by molar-refractivity contribution is -0.132. The van der Waals surface area contributed by atoms with Gasteiger partial charge in [0.1, 0.15) is 6.10 Å². The molecule has 3 aliphatic rings. The van der Waals surface area contributed by atoms with Crippen LogP contribution >= 0.6 is 0 Å². The average Bonchev–Trinajstić information content (AvgIpc) is 3.29. The van der Waals surface area contributed by atoms with Gasteiger partial charge < -0.3 is 25.4 Å². The van der Waals surface area contributed by atoms with Crippen LogP contribution in [-0.2, 0) is 14.3 Å². The van der Waals surface area contributed by atoms with Crippen molar-refractivity contribution in [1.29, 1.82) is 0 Å². The van der Waals surface area contributed by atoms with Crippen LogP contribution in [0.4, 0.5) is 0 Å². The highest BCUT2D eigenvalue weighted by atomic mass is 16.5. The summed E-state index contributed by atoms with van der Waals surface area (Å²) in [6.07, 6.45) is 10.6. The SMILES string of the molecule is O=C(CCN1CCCCC1)NCC[C@@H]1CC[C@H](NC(=O)C2CCCC2)[C@H](CO)O1. The summed E-state index contributed by atoms with van der Waals surface area (Å²) in [5.41, 5.74) is 0. The van der Waals surface area contributed by atoms with Gasteiger partial charge in [-0.2, -0.15) is 0 Å². The van der Waals surface area contributed by atoms with Crippen LogP contribution in [0.1, 0.15) is 70.6 Å². The first-order valence-electron chi connectivity index (χ1n) is 11.7. The minimum absolute atomic E-state index is 0.0224. The van der Waals surface area contributed by atoms with Gasteiger partial charge in [0.05, 0.1) is 18.8 Å². The molecule has 0 unspecified atom stereocenters. The van der Waals surface area contributed by atoms with Gasteiger partial charge in [-0.3, -0.25) is 9.59 Å². The van der Waals surface area contributed by atoms with Gasteiger partial charge in [-0.05, 0) is 58.0 Å². The van der Waals surface area contributed by atoms with Crippen molar-refractivity contribution in [1.82, 2.24) is 15.5 Å². The molecule has 3 N–H and O–H groups in total. The van der Waals surface area contributed by atoms with E-state index in [9.17, 15) is 14.7 Å². The third-order valence-electron chi connectivity index (χ3n) is 6.74. The second-order valence-electron chi connectivity index (χ2n) is 8.94. The molecular weight excluding hydrogens is 370 g/mol. The molecule has 2 amide bonds. The normalized spacial score (nSPS) is 28.9. The second kappa shape index (κ2) is 11.9. The van der Waals surface area contributed by atoms with Crippen LogP contribution in [0.3, 0.4) is 0 Å². The molecule has 0 aromatic rings. The summed E-state index contributed by atoms with van der Waals surface area (Å²) in [7, 11) is 0. The monoisotopic (exact) mass is 409 g/mol. The molecule has 166 valence electrons. The summed E-state index contributed by atoms with van der Waals surface area (Å²) < 4.78 is 6.02. The quantitative estimate of drug-likeness (QED) is 0.538. The van der Waals surface area contributed by atoms with Crippen LogP contribution in [0, 0.1) is 5.92 Å². The Hall–Kier alpha value is -1.18. The number of nitrogens with one attached hydrogen (secondary N) is 2. The molecule has 2 heterocycles. The van der Waals surface area contributed by atoms with Crippen molar-refractivity contribution < 1.29 is 19.4 Å². The maximum Gasteiger partial charge on any atom is 0.223 e. The van der Waals surface area contributed by atoms with E-state index in [1.807, 2.05) is 0 Å². The lowest BCUT2D eigenvalue weighted by Gasteiger charge is -2.36. The molecule has 0 radical (unpaired) electrons. The predicted octanol–water partition coefficient (Wildman–Crippen LogP) is 1.58. The molecule has 7 heteroatoms. The zero-order chi connectivity index (χ0) is 20.5. The first-order chi connectivity index (χ1) is 14.2. The molecule has 7 nitrogen and oxygen atoms in total. The Balaban J connectivity index is 1.30. The van der Waals surface area contributed by atoms with Gasteiger partial charge in [0.2, 0.25) is 11.8 Å². The third-order valence-corrected chi connectivity index (χ3v) is 6.74. The Morgan fingerprint density at radius 3 is 2.48 bits per heavy atom. The van der Waals surface area contributed by atoms with Crippen LogP contribution in [0.15, 0.2) is 0 Å². The second-order valence-corrected chi connectivity index (χ2v) is 8.94. The van der Waals surface area contributed by atoms with E-state index in [1.54, 1.807) is 0 Å². The summed E-state index contributed by atoms with van der Waals surface area (Å²) in [4.78, 5) is 26.8. The Kier molecular flexibility index (Phi) is 9.21. The van der Waals surface area contributed by atoms with E-state index >= 15 is 0 Å². The standard InChI is InChI=1S/C22H39N3O4/c26-16-20-19(24-22(28)17-6-2-3-7-17)9-8-18(29-20)10-12-23-21(27)11-15-25-13-4-1-5-14-25/h17-20,26H,1-16H2,(H,23,27)(H,24,28)/t18-,19-,20-/m0/s1. The van der Waals surface area contributed by atoms with E-state index in [2.05, 4.69) is 15.5 Å². The van der Waals surface area contributed by atoms with Crippen molar-refractivity contribution in [2.24, 2.45) is 5.92 Å². The minimum Gasteiger partial charge on any atom is -0.394 e. The molecule has 0 bridgehead atoms. The molecule has 1 aliphatic carbocycles. The largest absolute Gasteiger partial charge is 0.394 e. The molecule has 2 aliphatic heterocycles. The van der Waals surface area contributed by atoms with Crippen LogP contribution in [-0.4, -0.2) is 72.9 Å². The maximum atomic E-state index is 12.4. The van der Waals surface area contributed by atoms with E-state index in [-0.39, 0.29) is 42.6 Å². The number of amides is 2. The summed E-state index contributed by atoms with van der Waals surface area (Å²) in [6.45, 7) is 3.59. The highest BCUT2D eigenvalue weighted by Gasteiger charge is 2.33. The number of hydrogen-bond acceptors (Lipinski definition) is 5. The van der Waals surface area contributed by atoms with Crippen molar-refractivity contribution in [2.75, 3.05) is 32.8 Å². The van der Waals surface area contributed by atoms with Crippen molar-refractivity contribution in [3.63, 3.8) is 0 Å². The van der Waals surface area contributed by atoms with E-state index < -0.39 is 0 Å². The van der Waals surface area contributed by atoms with E-state index in [1.165, 1.54) is 19.3 Å². The molecule has 2 saturated heterocycles. The molecule has 0 spiro atoms. The third kappa shape index (κ3) is 7.23. The number of ether oxygens (including phenoxy) is 1. The number of aliphatic hydroxyl groups excluding tert-OH is 1. The first kappa shape index (κ1) is 22.5. The smallest absolute Gasteiger partial charge is 0.223 e. The molecular formula is C22H39N3O4. The highest BCUT2D eigenvalue weighted by Crippen LogP contribution is 2.26. The Morgan fingerprint density at radius 2 is 1.76 bits per heavy atom. The fourth-order valence-corrected chi connectivity index (χ4v) is 4.90. The number of rotatable bonds is 9. The van der Waals surface area contributed by atoms with Gasteiger partial charge in [0, 0.05) is 25.4 Å². The molecule has 1 saturated carbocycles. The maximum absolute atomic E-state index is 12.4. The van der Waals surface area contributed by atoms with Crippen molar-refractivity contribution >= 4 is 11.8 Å². The lowest BCUT2D eigenvalue weighted by atomic mass is 9.96. The number of aliphatic hydroxyl groups is 1. The summed E-state index contributed by atoms with van der Waals surface area (Å²) in [6, 6.07) is -0.108. The molecule has 0 aromatic carbocycles. The van der Waals surface area contributed by atoms with Gasteiger partial charge in [0.25, 0.3) is 0 Å². The fourth-order valence-electron chi connectivity index (χ4n) is 4.90. The van der Waals surface area contributed by atoms with Gasteiger partial charge >= 0.3 is 0 Å². The van der Waals surface area contributed by atoms with Gasteiger partial charge in [-0.25, -0.2) is 0 Å². The summed E-state index contributed by atoms with van der Waals surface area (Å²) >= 11 is 0. The Labute approximate surface area is 174 Å². The number of nitrogens with zero attached hydrogens (tertiary/aromatic N) is 1. The summed E-state index contributed by atoms with van der Waals surface area (Å²) in [5.74, 6) is 0.355. The highest BCUT2D eigenvalue weighted by molar-refractivity contribution is 5.79. The number of hydrogen-bond donors (Lipinski definition) is 3.